The van der Waals surface area contributed by atoms with Crippen LogP contribution in [-0.4, -0.2) is 27.0 Å². The van der Waals surface area contributed by atoms with Crippen LogP contribution in [0, 0.1) is 12.3 Å². The molecule has 6 heteroatoms. The first-order valence-corrected chi connectivity index (χ1v) is 5.07. The van der Waals surface area contributed by atoms with E-state index in [1.807, 2.05) is 0 Å². The first-order chi connectivity index (χ1) is 6.42. The summed E-state index contributed by atoms with van der Waals surface area (Å²) < 4.78 is 5.11. The molecule has 0 spiro atoms. The number of thioether (sulfide) groups is 1. The van der Waals surface area contributed by atoms with E-state index in [0.717, 1.165) is 0 Å². The third-order valence-electron chi connectivity index (χ3n) is 1.64. The Hall–Kier alpha value is -1.04. The molecule has 0 fully saturated rings. The molecule has 0 saturated carbocycles. The predicted molar refractivity (Wildman–Crippen MR) is 51.2 cm³/mol. The van der Waals surface area contributed by atoms with Gasteiger partial charge >= 0.3 is 5.97 Å². The summed E-state index contributed by atoms with van der Waals surface area (Å²) in [5.74, 6) is 0.0612. The molecular weight excluding hydrogens is 204 g/mol. The molecule has 0 aliphatic heterocycles. The number of nitrogens with zero attached hydrogens (tertiary/aromatic N) is 2. The molecule has 0 aromatic carbocycles. The summed E-state index contributed by atoms with van der Waals surface area (Å²) in [4.78, 5) is 10.8. The SMILES string of the molecule is Cc1nnc(SCC(C)(C)C(=O)O)o1. The third-order valence-corrected chi connectivity index (χ3v) is 2.92. The lowest BCUT2D eigenvalue weighted by Gasteiger charge is -2.16. The van der Waals surface area contributed by atoms with Crippen molar-refractivity contribution in [3.05, 3.63) is 5.89 Å². The largest absolute Gasteiger partial charge is 0.481 e. The van der Waals surface area contributed by atoms with E-state index in [1.54, 1.807) is 20.8 Å². The van der Waals surface area contributed by atoms with Crippen molar-refractivity contribution in [2.45, 2.75) is 26.0 Å². The molecule has 1 aromatic heterocycles. The van der Waals surface area contributed by atoms with E-state index in [9.17, 15) is 4.79 Å². The van der Waals surface area contributed by atoms with Gasteiger partial charge in [-0.15, -0.1) is 10.2 Å². The fourth-order valence-electron chi connectivity index (χ4n) is 0.641. The van der Waals surface area contributed by atoms with Crippen LogP contribution in [0.1, 0.15) is 19.7 Å². The van der Waals surface area contributed by atoms with Crippen molar-refractivity contribution in [3.8, 4) is 0 Å². The Kier molecular flexibility index (Phi) is 3.15. The van der Waals surface area contributed by atoms with Gasteiger partial charge in [0.15, 0.2) is 0 Å². The van der Waals surface area contributed by atoms with Gasteiger partial charge in [-0.25, -0.2) is 0 Å². The molecule has 0 atom stereocenters. The normalized spacial score (nSPS) is 11.6. The molecule has 0 saturated heterocycles. The minimum Gasteiger partial charge on any atom is -0.481 e. The van der Waals surface area contributed by atoms with Gasteiger partial charge in [-0.3, -0.25) is 4.79 Å². The molecular formula is C8H12N2O3S. The number of carbonyl (C=O) groups is 1. The maximum Gasteiger partial charge on any atom is 0.309 e. The number of rotatable bonds is 4. The highest BCUT2D eigenvalue weighted by Gasteiger charge is 2.28. The molecule has 1 heterocycles. The Balaban J connectivity index is 2.52. The van der Waals surface area contributed by atoms with Gasteiger partial charge in [-0.2, -0.15) is 0 Å². The molecule has 0 amide bonds. The van der Waals surface area contributed by atoms with Crippen molar-refractivity contribution in [2.75, 3.05) is 5.75 Å². The molecule has 0 aliphatic rings. The number of aromatic nitrogens is 2. The lowest BCUT2D eigenvalue weighted by Crippen LogP contribution is -2.26. The van der Waals surface area contributed by atoms with E-state index in [-0.39, 0.29) is 0 Å². The van der Waals surface area contributed by atoms with E-state index in [1.165, 1.54) is 11.8 Å². The molecule has 78 valence electrons. The van der Waals surface area contributed by atoms with Gasteiger partial charge in [-0.05, 0) is 13.8 Å². The van der Waals surface area contributed by atoms with Crippen molar-refractivity contribution in [3.63, 3.8) is 0 Å². The molecule has 0 bridgehead atoms. The number of carboxylic acids is 1. The van der Waals surface area contributed by atoms with E-state index in [2.05, 4.69) is 10.2 Å². The molecule has 1 rings (SSSR count). The maximum absolute atomic E-state index is 10.8. The zero-order valence-electron chi connectivity index (χ0n) is 8.27. The average molecular weight is 216 g/mol. The molecule has 0 radical (unpaired) electrons. The van der Waals surface area contributed by atoms with Crippen LogP contribution in [-0.2, 0) is 4.79 Å². The Bertz CT molecular complexity index is 335. The van der Waals surface area contributed by atoms with Crippen LogP contribution in [0.3, 0.4) is 0 Å². The quantitative estimate of drug-likeness (QED) is 0.770. The summed E-state index contributed by atoms with van der Waals surface area (Å²) in [7, 11) is 0. The number of hydrogen-bond donors (Lipinski definition) is 1. The zero-order chi connectivity index (χ0) is 10.8. The molecule has 0 unspecified atom stereocenters. The second-order valence-electron chi connectivity index (χ2n) is 3.56. The van der Waals surface area contributed by atoms with Crippen molar-refractivity contribution in [1.82, 2.24) is 10.2 Å². The van der Waals surface area contributed by atoms with Gasteiger partial charge in [0.2, 0.25) is 5.89 Å². The summed E-state index contributed by atoms with van der Waals surface area (Å²) >= 11 is 1.26. The Morgan fingerprint density at radius 2 is 2.21 bits per heavy atom. The first kappa shape index (κ1) is 11.0. The summed E-state index contributed by atoms with van der Waals surface area (Å²) in [5.41, 5.74) is -0.785. The van der Waals surface area contributed by atoms with Crippen LogP contribution in [0.15, 0.2) is 9.64 Å². The first-order valence-electron chi connectivity index (χ1n) is 4.08. The van der Waals surface area contributed by atoms with Gasteiger partial charge in [0.25, 0.3) is 5.22 Å². The Morgan fingerprint density at radius 3 is 2.64 bits per heavy atom. The summed E-state index contributed by atoms with van der Waals surface area (Å²) in [5, 5.41) is 16.7. The van der Waals surface area contributed by atoms with Gasteiger partial charge < -0.3 is 9.52 Å². The van der Waals surface area contributed by atoms with E-state index >= 15 is 0 Å². The summed E-state index contributed by atoms with van der Waals surface area (Å²) in [6.07, 6.45) is 0. The third kappa shape index (κ3) is 2.73. The standard InChI is InChI=1S/C8H12N2O3S/c1-5-9-10-7(13-5)14-4-8(2,3)6(11)12/h4H2,1-3H3,(H,11,12). The van der Waals surface area contributed by atoms with Gasteiger partial charge in [-0.1, -0.05) is 11.8 Å². The lowest BCUT2D eigenvalue weighted by atomic mass is 9.97. The molecule has 0 aliphatic carbocycles. The van der Waals surface area contributed by atoms with Crippen molar-refractivity contribution >= 4 is 17.7 Å². The Labute approximate surface area is 85.9 Å². The topological polar surface area (TPSA) is 76.2 Å². The van der Waals surface area contributed by atoms with Crippen molar-refractivity contribution < 1.29 is 14.3 Å². The van der Waals surface area contributed by atoms with E-state index in [4.69, 9.17) is 9.52 Å². The Morgan fingerprint density at radius 1 is 1.57 bits per heavy atom. The number of carboxylic acid groups (broad SMARTS) is 1. The van der Waals surface area contributed by atoms with Crippen LogP contribution < -0.4 is 0 Å². The average Bonchev–Trinajstić information content (AvgIpc) is 2.48. The highest BCUT2D eigenvalue weighted by Crippen LogP contribution is 2.26. The van der Waals surface area contributed by atoms with Crippen LogP contribution in [0.25, 0.3) is 0 Å². The summed E-state index contributed by atoms with van der Waals surface area (Å²) in [6, 6.07) is 0. The zero-order valence-corrected chi connectivity index (χ0v) is 9.09. The van der Waals surface area contributed by atoms with E-state index in [0.29, 0.717) is 16.9 Å². The molecule has 1 aromatic rings. The molecule has 1 N–H and O–H groups in total. The van der Waals surface area contributed by atoms with Crippen LogP contribution >= 0.6 is 11.8 Å². The number of aliphatic carboxylic acids is 1. The van der Waals surface area contributed by atoms with Gasteiger partial charge in [0.1, 0.15) is 0 Å². The maximum atomic E-state index is 10.8. The van der Waals surface area contributed by atoms with Crippen molar-refractivity contribution in [1.29, 1.82) is 0 Å². The number of aryl methyl sites for hydroxylation is 1. The lowest BCUT2D eigenvalue weighted by molar-refractivity contribution is -0.145. The second kappa shape index (κ2) is 4.00. The fraction of sp³-hybridized carbons (Fsp3) is 0.625. The predicted octanol–water partition coefficient (Wildman–Crippen LogP) is 1.58. The minimum atomic E-state index is -0.832. The number of hydrogen-bond acceptors (Lipinski definition) is 5. The summed E-state index contributed by atoms with van der Waals surface area (Å²) in [6.45, 7) is 5.01. The molecule has 14 heavy (non-hydrogen) atoms. The van der Waals surface area contributed by atoms with Gasteiger partial charge in [0, 0.05) is 12.7 Å². The second-order valence-corrected chi connectivity index (χ2v) is 4.49. The minimum absolute atomic E-state index is 0.407. The van der Waals surface area contributed by atoms with Crippen molar-refractivity contribution in [2.24, 2.45) is 5.41 Å². The fourth-order valence-corrected chi connectivity index (χ4v) is 1.53. The van der Waals surface area contributed by atoms with Crippen LogP contribution in [0.5, 0.6) is 0 Å². The monoisotopic (exact) mass is 216 g/mol. The van der Waals surface area contributed by atoms with Crippen LogP contribution in [0.4, 0.5) is 0 Å². The molecule has 5 nitrogen and oxygen atoms in total. The van der Waals surface area contributed by atoms with E-state index < -0.39 is 11.4 Å². The van der Waals surface area contributed by atoms with Gasteiger partial charge in [0.05, 0.1) is 5.41 Å². The highest BCUT2D eigenvalue weighted by atomic mass is 32.2. The smallest absolute Gasteiger partial charge is 0.309 e. The highest BCUT2D eigenvalue weighted by molar-refractivity contribution is 7.99. The van der Waals surface area contributed by atoms with Crippen LogP contribution in [0.2, 0.25) is 0 Å².